The summed E-state index contributed by atoms with van der Waals surface area (Å²) in [7, 11) is 1.67. The Labute approximate surface area is 162 Å². The molecule has 148 valence electrons. The number of hydrogen-bond donors (Lipinski definition) is 1. The molecule has 2 aliphatic rings. The highest BCUT2D eigenvalue weighted by Gasteiger charge is 2.40. The Balaban J connectivity index is 1.70. The number of halogens is 3. The molecule has 3 nitrogen and oxygen atoms in total. The van der Waals surface area contributed by atoms with Crippen molar-refractivity contribution in [3.8, 4) is 0 Å². The van der Waals surface area contributed by atoms with Gasteiger partial charge in [-0.25, -0.2) is 0 Å². The second-order valence-electron chi connectivity index (χ2n) is 7.96. The molecule has 1 amide bonds. The van der Waals surface area contributed by atoms with Gasteiger partial charge in [0.25, 0.3) is 5.91 Å². The normalized spacial score (nSPS) is 21.6. The van der Waals surface area contributed by atoms with Gasteiger partial charge in [-0.15, -0.1) is 0 Å². The molecule has 1 fully saturated rings. The maximum absolute atomic E-state index is 13.6. The molecule has 28 heavy (non-hydrogen) atoms. The van der Waals surface area contributed by atoms with E-state index in [-0.39, 0.29) is 30.1 Å². The van der Waals surface area contributed by atoms with E-state index in [4.69, 9.17) is 0 Å². The quantitative estimate of drug-likeness (QED) is 0.790. The largest absolute Gasteiger partial charge is 0.416 e. The van der Waals surface area contributed by atoms with E-state index in [0.717, 1.165) is 24.5 Å². The molecule has 0 spiro atoms. The number of alkyl halides is 3. The predicted octanol–water partition coefficient (Wildman–Crippen LogP) is 5.10. The Hall–Kier alpha value is -2.34. The third-order valence-electron chi connectivity index (χ3n) is 5.81. The van der Waals surface area contributed by atoms with Crippen molar-refractivity contribution in [3.63, 3.8) is 0 Å². The first-order valence-electron chi connectivity index (χ1n) is 9.57. The average Bonchev–Trinajstić information content (AvgIpc) is 2.95. The van der Waals surface area contributed by atoms with Gasteiger partial charge in [0.15, 0.2) is 0 Å². The molecule has 2 aromatic rings. The number of benzene rings is 2. The van der Waals surface area contributed by atoms with Crippen LogP contribution in [0.2, 0.25) is 0 Å². The summed E-state index contributed by atoms with van der Waals surface area (Å²) >= 11 is 0. The van der Waals surface area contributed by atoms with Crippen LogP contribution in [-0.2, 0) is 19.3 Å². The monoisotopic (exact) mass is 388 g/mol. The minimum Gasteiger partial charge on any atom is -0.316 e. The van der Waals surface area contributed by atoms with Crippen molar-refractivity contribution < 1.29 is 18.0 Å². The number of nitrogens with zero attached hydrogens (tertiary/aromatic N) is 1. The van der Waals surface area contributed by atoms with Crippen LogP contribution in [0.5, 0.6) is 0 Å². The topological polar surface area (TPSA) is 32.3 Å². The van der Waals surface area contributed by atoms with E-state index in [2.05, 4.69) is 12.2 Å². The zero-order chi connectivity index (χ0) is 20.1. The fourth-order valence-electron chi connectivity index (χ4n) is 4.36. The second-order valence-corrected chi connectivity index (χ2v) is 7.96. The molecule has 1 aliphatic heterocycles. The number of hydrogen-bond acceptors (Lipinski definition) is 2. The minimum absolute atomic E-state index is 0.0482. The van der Waals surface area contributed by atoms with E-state index in [0.29, 0.717) is 23.1 Å². The highest BCUT2D eigenvalue weighted by molar-refractivity contribution is 6.10. The number of fused-ring (bicyclic) bond motifs is 1. The van der Waals surface area contributed by atoms with Crippen LogP contribution >= 0.6 is 0 Å². The van der Waals surface area contributed by atoms with Crippen LogP contribution in [0.3, 0.4) is 0 Å². The van der Waals surface area contributed by atoms with E-state index in [9.17, 15) is 18.0 Å². The lowest BCUT2D eigenvalue weighted by atomic mass is 9.72. The zero-order valence-electron chi connectivity index (χ0n) is 15.9. The van der Waals surface area contributed by atoms with Crippen molar-refractivity contribution in [2.24, 2.45) is 5.92 Å². The summed E-state index contributed by atoms with van der Waals surface area (Å²) in [6.07, 6.45) is -2.26. The lowest BCUT2D eigenvalue weighted by Crippen LogP contribution is -2.24. The maximum Gasteiger partial charge on any atom is 0.416 e. The fraction of sp³-hybridized carbons (Fsp3) is 0.409. The van der Waals surface area contributed by atoms with E-state index < -0.39 is 11.7 Å². The lowest BCUT2D eigenvalue weighted by molar-refractivity contribution is -0.138. The van der Waals surface area contributed by atoms with Crippen LogP contribution < -0.4 is 10.2 Å². The third kappa shape index (κ3) is 3.30. The predicted molar refractivity (Wildman–Crippen MR) is 102 cm³/mol. The van der Waals surface area contributed by atoms with E-state index in [1.807, 2.05) is 18.2 Å². The summed E-state index contributed by atoms with van der Waals surface area (Å²) in [5.41, 5.74) is 1.80. The van der Waals surface area contributed by atoms with Gasteiger partial charge in [-0.3, -0.25) is 4.79 Å². The molecule has 0 atom stereocenters. The number of nitrogens with one attached hydrogen (secondary N) is 1. The molecule has 6 heteroatoms. The molecule has 1 saturated carbocycles. The Bertz CT molecular complexity index is 916. The van der Waals surface area contributed by atoms with Crippen LogP contribution in [0.4, 0.5) is 18.9 Å². The maximum atomic E-state index is 13.6. The average molecular weight is 388 g/mol. The van der Waals surface area contributed by atoms with Crippen molar-refractivity contribution in [2.45, 2.75) is 44.9 Å². The molecule has 2 aromatic carbocycles. The molecule has 1 heterocycles. The summed E-state index contributed by atoms with van der Waals surface area (Å²) < 4.78 is 40.9. The van der Waals surface area contributed by atoms with E-state index in [1.165, 1.54) is 4.90 Å². The summed E-state index contributed by atoms with van der Waals surface area (Å²) in [5.74, 6) is 0.812. The Morgan fingerprint density at radius 1 is 1.18 bits per heavy atom. The van der Waals surface area contributed by atoms with Crippen LogP contribution in [0.25, 0.3) is 0 Å². The van der Waals surface area contributed by atoms with Gasteiger partial charge < -0.3 is 10.2 Å². The SMILES string of the molecule is CNCc1cc2c(c(C(F)(F)F)c1)CN(c1cccc(C3CC(C)C3)c1)C2=O. The molecular weight excluding hydrogens is 365 g/mol. The number of amides is 1. The zero-order valence-corrected chi connectivity index (χ0v) is 15.9. The summed E-state index contributed by atoms with van der Waals surface area (Å²) in [5, 5.41) is 2.86. The van der Waals surface area contributed by atoms with E-state index >= 15 is 0 Å². The molecule has 1 N–H and O–H groups in total. The number of carbonyl (C=O) groups is 1. The van der Waals surface area contributed by atoms with E-state index in [1.54, 1.807) is 19.2 Å². The smallest absolute Gasteiger partial charge is 0.316 e. The molecule has 1 aliphatic carbocycles. The van der Waals surface area contributed by atoms with Gasteiger partial charge in [-0.1, -0.05) is 19.1 Å². The molecule has 0 aromatic heterocycles. The van der Waals surface area contributed by atoms with Gasteiger partial charge >= 0.3 is 6.18 Å². The van der Waals surface area contributed by atoms with Gasteiger partial charge in [0, 0.05) is 17.8 Å². The van der Waals surface area contributed by atoms with Crippen molar-refractivity contribution in [1.82, 2.24) is 5.32 Å². The molecule has 4 rings (SSSR count). The minimum atomic E-state index is -4.49. The van der Waals surface area contributed by atoms with Gasteiger partial charge in [-0.05, 0) is 72.7 Å². The first kappa shape index (κ1) is 19.0. The molecule has 0 saturated heterocycles. The fourth-order valence-corrected chi connectivity index (χ4v) is 4.36. The van der Waals surface area contributed by atoms with Gasteiger partial charge in [0.1, 0.15) is 0 Å². The molecular formula is C22H23F3N2O. The first-order chi connectivity index (χ1) is 13.3. The van der Waals surface area contributed by atoms with Crippen LogP contribution in [0, 0.1) is 5.92 Å². The summed E-state index contributed by atoms with van der Waals surface area (Å²) in [6, 6.07) is 10.4. The molecule has 0 bridgehead atoms. The van der Waals surface area contributed by atoms with Crippen LogP contribution in [-0.4, -0.2) is 13.0 Å². The molecule has 0 radical (unpaired) electrons. The van der Waals surface area contributed by atoms with Crippen LogP contribution in [0.15, 0.2) is 36.4 Å². The van der Waals surface area contributed by atoms with Crippen molar-refractivity contribution in [3.05, 3.63) is 64.2 Å². The third-order valence-corrected chi connectivity index (χ3v) is 5.81. The number of rotatable bonds is 4. The molecule has 0 unspecified atom stereocenters. The van der Waals surface area contributed by atoms with Gasteiger partial charge in [-0.2, -0.15) is 13.2 Å². The standard InChI is InChI=1S/C22H23F3N2O/c1-13-6-16(7-13)15-4-3-5-17(10-15)27-12-19-18(21(27)28)8-14(11-26-2)9-20(19)22(23,24)25/h3-5,8-10,13,16,26H,6-7,11-12H2,1-2H3. The summed E-state index contributed by atoms with van der Waals surface area (Å²) in [6.45, 7) is 2.44. The van der Waals surface area contributed by atoms with Crippen molar-refractivity contribution in [1.29, 1.82) is 0 Å². The lowest BCUT2D eigenvalue weighted by Gasteiger charge is -2.33. The Morgan fingerprint density at radius 2 is 1.93 bits per heavy atom. The highest BCUT2D eigenvalue weighted by Crippen LogP contribution is 2.43. The van der Waals surface area contributed by atoms with Crippen molar-refractivity contribution in [2.75, 3.05) is 11.9 Å². The second kappa shape index (κ2) is 6.92. The summed E-state index contributed by atoms with van der Waals surface area (Å²) in [4.78, 5) is 14.5. The Kier molecular flexibility index (Phi) is 4.70. The van der Waals surface area contributed by atoms with Crippen molar-refractivity contribution >= 4 is 11.6 Å². The first-order valence-corrected chi connectivity index (χ1v) is 9.57. The number of anilines is 1. The van der Waals surface area contributed by atoms with Gasteiger partial charge in [0.05, 0.1) is 12.1 Å². The van der Waals surface area contributed by atoms with Gasteiger partial charge in [0.2, 0.25) is 0 Å². The number of carbonyl (C=O) groups excluding carboxylic acids is 1. The van der Waals surface area contributed by atoms with Crippen LogP contribution in [0.1, 0.15) is 58.3 Å². The Morgan fingerprint density at radius 3 is 2.57 bits per heavy atom. The highest BCUT2D eigenvalue weighted by atomic mass is 19.4.